The Balaban J connectivity index is 1.71. The van der Waals surface area contributed by atoms with Gasteiger partial charge in [-0.1, -0.05) is 65.7 Å². The zero-order valence-corrected chi connectivity index (χ0v) is 16.7. The lowest BCUT2D eigenvalue weighted by Crippen LogP contribution is -2.10. The summed E-state index contributed by atoms with van der Waals surface area (Å²) >= 11 is 12.2. The zero-order chi connectivity index (χ0) is 19.5. The average molecular weight is 409 g/mol. The van der Waals surface area contributed by atoms with Gasteiger partial charge in [0.25, 0.3) is 0 Å². The molecule has 1 unspecified atom stereocenters. The maximum absolute atomic E-state index is 6.10. The molecule has 3 aromatic carbocycles. The van der Waals surface area contributed by atoms with E-state index in [9.17, 15) is 0 Å². The molecule has 0 saturated heterocycles. The Hall–Kier alpha value is -2.82. The standard InChI is InChI=1S/C22H18Cl2N4/c1-14(15-7-3-2-4-8-15)25-21-19-9-5-6-10-20(19)27-22(28-21)26-18-12-16(23)11-17(24)13-18/h2-14H,1H3,(H2,25,26,27,28). The fourth-order valence-electron chi connectivity index (χ4n) is 3.03. The van der Waals surface area contributed by atoms with E-state index < -0.39 is 0 Å². The quantitative estimate of drug-likeness (QED) is 0.378. The van der Waals surface area contributed by atoms with Crippen LogP contribution in [0.5, 0.6) is 0 Å². The smallest absolute Gasteiger partial charge is 0.229 e. The van der Waals surface area contributed by atoms with E-state index in [2.05, 4.69) is 34.7 Å². The SMILES string of the molecule is CC(Nc1nc(Nc2cc(Cl)cc(Cl)c2)nc2ccccc12)c1ccccc1. The summed E-state index contributed by atoms with van der Waals surface area (Å²) in [5.41, 5.74) is 2.76. The van der Waals surface area contributed by atoms with E-state index in [1.165, 1.54) is 5.56 Å². The topological polar surface area (TPSA) is 49.8 Å². The predicted octanol–water partition coefficient (Wildman–Crippen LogP) is 6.85. The molecular formula is C22H18Cl2N4. The second-order valence-corrected chi connectivity index (χ2v) is 7.35. The summed E-state index contributed by atoms with van der Waals surface area (Å²) in [6.07, 6.45) is 0. The first-order valence-corrected chi connectivity index (χ1v) is 9.65. The lowest BCUT2D eigenvalue weighted by atomic mass is 10.1. The summed E-state index contributed by atoms with van der Waals surface area (Å²) in [5, 5.41) is 8.76. The van der Waals surface area contributed by atoms with Crippen LogP contribution in [0.25, 0.3) is 10.9 Å². The third-order valence-corrected chi connectivity index (χ3v) is 4.81. The zero-order valence-electron chi connectivity index (χ0n) is 15.2. The molecule has 140 valence electrons. The van der Waals surface area contributed by atoms with Gasteiger partial charge in [-0.2, -0.15) is 4.98 Å². The van der Waals surface area contributed by atoms with Crippen molar-refractivity contribution in [1.82, 2.24) is 9.97 Å². The second-order valence-electron chi connectivity index (χ2n) is 6.47. The van der Waals surface area contributed by atoms with Crippen LogP contribution in [0.2, 0.25) is 10.0 Å². The molecule has 1 atom stereocenters. The molecule has 2 N–H and O–H groups in total. The Morgan fingerprint density at radius 2 is 1.50 bits per heavy atom. The van der Waals surface area contributed by atoms with E-state index in [4.69, 9.17) is 28.2 Å². The van der Waals surface area contributed by atoms with Gasteiger partial charge in [0, 0.05) is 27.2 Å². The summed E-state index contributed by atoms with van der Waals surface area (Å²) < 4.78 is 0. The van der Waals surface area contributed by atoms with Crippen LogP contribution in [0.4, 0.5) is 17.5 Å². The third kappa shape index (κ3) is 4.19. The van der Waals surface area contributed by atoms with E-state index >= 15 is 0 Å². The molecule has 0 fully saturated rings. The Kier molecular flexibility index (Phi) is 5.33. The highest BCUT2D eigenvalue weighted by molar-refractivity contribution is 6.35. The minimum absolute atomic E-state index is 0.0907. The second kappa shape index (κ2) is 8.05. The van der Waals surface area contributed by atoms with Crippen molar-refractivity contribution in [3.05, 3.63) is 88.4 Å². The number of rotatable bonds is 5. The van der Waals surface area contributed by atoms with Gasteiger partial charge in [0.15, 0.2) is 0 Å². The minimum Gasteiger partial charge on any atom is -0.363 e. The van der Waals surface area contributed by atoms with Crippen molar-refractivity contribution < 1.29 is 0 Å². The maximum Gasteiger partial charge on any atom is 0.229 e. The largest absolute Gasteiger partial charge is 0.363 e. The van der Waals surface area contributed by atoms with Gasteiger partial charge >= 0.3 is 0 Å². The summed E-state index contributed by atoms with van der Waals surface area (Å²) in [7, 11) is 0. The van der Waals surface area contributed by atoms with Crippen molar-refractivity contribution in [2.24, 2.45) is 0 Å². The first-order valence-electron chi connectivity index (χ1n) is 8.90. The molecule has 28 heavy (non-hydrogen) atoms. The first-order chi connectivity index (χ1) is 13.6. The number of halogens is 2. The van der Waals surface area contributed by atoms with Crippen LogP contribution in [-0.4, -0.2) is 9.97 Å². The molecule has 0 aliphatic rings. The van der Waals surface area contributed by atoms with Crippen molar-refractivity contribution >= 4 is 51.6 Å². The Morgan fingerprint density at radius 3 is 2.25 bits per heavy atom. The molecule has 1 heterocycles. The van der Waals surface area contributed by atoms with Crippen molar-refractivity contribution in [2.45, 2.75) is 13.0 Å². The highest BCUT2D eigenvalue weighted by atomic mass is 35.5. The van der Waals surface area contributed by atoms with Crippen LogP contribution in [0.1, 0.15) is 18.5 Å². The Morgan fingerprint density at radius 1 is 0.821 bits per heavy atom. The number of para-hydroxylation sites is 1. The number of fused-ring (bicyclic) bond motifs is 1. The average Bonchev–Trinajstić information content (AvgIpc) is 2.68. The van der Waals surface area contributed by atoms with E-state index in [1.807, 2.05) is 42.5 Å². The van der Waals surface area contributed by atoms with Crippen LogP contribution in [0.3, 0.4) is 0 Å². The highest BCUT2D eigenvalue weighted by Crippen LogP contribution is 2.28. The lowest BCUT2D eigenvalue weighted by molar-refractivity contribution is 0.876. The molecule has 0 spiro atoms. The van der Waals surface area contributed by atoms with Crippen molar-refractivity contribution in [2.75, 3.05) is 10.6 Å². The van der Waals surface area contributed by atoms with E-state index in [0.29, 0.717) is 16.0 Å². The Bertz CT molecular complexity index is 1100. The van der Waals surface area contributed by atoms with Gasteiger partial charge in [0.2, 0.25) is 5.95 Å². The van der Waals surface area contributed by atoms with Crippen molar-refractivity contribution in [3.63, 3.8) is 0 Å². The molecule has 0 aliphatic heterocycles. The van der Waals surface area contributed by atoms with Crippen LogP contribution < -0.4 is 10.6 Å². The number of nitrogens with one attached hydrogen (secondary N) is 2. The summed E-state index contributed by atoms with van der Waals surface area (Å²) in [4.78, 5) is 9.32. The molecule has 4 nitrogen and oxygen atoms in total. The van der Waals surface area contributed by atoms with Gasteiger partial charge in [0.1, 0.15) is 5.82 Å². The van der Waals surface area contributed by atoms with Crippen LogP contribution in [0.15, 0.2) is 72.8 Å². The van der Waals surface area contributed by atoms with Gasteiger partial charge in [0.05, 0.1) is 5.52 Å². The summed E-state index contributed by atoms with van der Waals surface area (Å²) in [6.45, 7) is 2.11. The van der Waals surface area contributed by atoms with E-state index in [0.717, 1.165) is 22.4 Å². The molecular weight excluding hydrogens is 391 g/mol. The molecule has 1 aromatic heterocycles. The van der Waals surface area contributed by atoms with Crippen molar-refractivity contribution in [3.8, 4) is 0 Å². The fourth-order valence-corrected chi connectivity index (χ4v) is 3.55. The number of hydrogen-bond acceptors (Lipinski definition) is 4. The van der Waals surface area contributed by atoms with Gasteiger partial charge < -0.3 is 10.6 Å². The van der Waals surface area contributed by atoms with Crippen LogP contribution >= 0.6 is 23.2 Å². The number of aromatic nitrogens is 2. The lowest BCUT2D eigenvalue weighted by Gasteiger charge is -2.17. The third-order valence-electron chi connectivity index (χ3n) is 4.37. The molecule has 0 radical (unpaired) electrons. The minimum atomic E-state index is 0.0907. The molecule has 0 aliphatic carbocycles. The normalized spacial score (nSPS) is 12.0. The molecule has 6 heteroatoms. The summed E-state index contributed by atoms with van der Waals surface area (Å²) in [6, 6.07) is 23.5. The predicted molar refractivity (Wildman–Crippen MR) is 118 cm³/mol. The number of nitrogens with zero attached hydrogens (tertiary/aromatic N) is 2. The fraction of sp³-hybridized carbons (Fsp3) is 0.0909. The van der Waals surface area contributed by atoms with Crippen LogP contribution in [0, 0.1) is 0 Å². The summed E-state index contributed by atoms with van der Waals surface area (Å²) in [5.74, 6) is 1.23. The van der Waals surface area contributed by atoms with Gasteiger partial charge in [-0.15, -0.1) is 0 Å². The number of benzene rings is 3. The molecule has 0 saturated carbocycles. The van der Waals surface area contributed by atoms with Crippen molar-refractivity contribution in [1.29, 1.82) is 0 Å². The number of hydrogen-bond donors (Lipinski definition) is 2. The van der Waals surface area contributed by atoms with Gasteiger partial charge in [-0.05, 0) is 42.8 Å². The van der Waals surface area contributed by atoms with Crippen LogP contribution in [-0.2, 0) is 0 Å². The maximum atomic E-state index is 6.10. The molecule has 0 bridgehead atoms. The highest BCUT2D eigenvalue weighted by Gasteiger charge is 2.12. The molecule has 0 amide bonds. The van der Waals surface area contributed by atoms with E-state index in [1.54, 1.807) is 18.2 Å². The van der Waals surface area contributed by atoms with Gasteiger partial charge in [-0.3, -0.25) is 0 Å². The molecule has 4 aromatic rings. The Labute approximate surface area is 173 Å². The molecule has 4 rings (SSSR count). The number of anilines is 3. The van der Waals surface area contributed by atoms with Gasteiger partial charge in [-0.25, -0.2) is 4.98 Å². The first kappa shape index (κ1) is 18.5. The monoisotopic (exact) mass is 408 g/mol. The van der Waals surface area contributed by atoms with E-state index in [-0.39, 0.29) is 6.04 Å².